The van der Waals surface area contributed by atoms with Gasteiger partial charge in [0.15, 0.2) is 0 Å². The molecule has 0 fully saturated rings. The number of aliphatic carboxylic acids is 4. The van der Waals surface area contributed by atoms with E-state index in [1.165, 1.54) is 19.6 Å². The Labute approximate surface area is 476 Å². The van der Waals surface area contributed by atoms with Crippen molar-refractivity contribution in [1.29, 1.82) is 0 Å². The molecule has 0 atom stereocenters. The van der Waals surface area contributed by atoms with Crippen LogP contribution in [0.3, 0.4) is 0 Å². The standard InChI is InChI=1S/4C12H10O2.4C3H7NO.2Cu/c4*13-12(14)8-10-6-3-5-9-4-1-2-7-11(9)10;4*1-4(2)3-5;;/h4*1-7H,8H2,(H,13,14);4*3H,1-2H3;;/q;;;;;;;;2*+2/p-4. The SMILES string of the molecule is CN(C)C=O.CN(C)C=O.CN(C)C=O.CN(C)C=O.O=C([O-])Cc1cccc2ccccc12.O=C([O-])Cc1cccc2ccccc12.O=C([O-])Cc1cccc2ccccc12.O=C([O-])Cc1cccc2ccccc12.[Cu+2].[Cu+2]. The van der Waals surface area contributed by atoms with E-state index in [1.807, 2.05) is 170 Å². The number of rotatable bonds is 12. The molecule has 8 rings (SSSR count). The summed E-state index contributed by atoms with van der Waals surface area (Å²) in [5.74, 6) is -4.16. The maximum Gasteiger partial charge on any atom is 2.00 e. The fourth-order valence-corrected chi connectivity index (χ4v) is 6.41. The third-order valence-corrected chi connectivity index (χ3v) is 9.70. The van der Waals surface area contributed by atoms with E-state index < -0.39 is 23.9 Å². The van der Waals surface area contributed by atoms with Crippen molar-refractivity contribution in [3.63, 3.8) is 0 Å². The van der Waals surface area contributed by atoms with Gasteiger partial charge < -0.3 is 59.2 Å². The van der Waals surface area contributed by atoms with Crippen LogP contribution in [0.2, 0.25) is 0 Å². The number of nitrogens with zero attached hydrogens (tertiary/aromatic N) is 4. The van der Waals surface area contributed by atoms with Crippen molar-refractivity contribution < 1.29 is 92.9 Å². The van der Waals surface area contributed by atoms with E-state index in [2.05, 4.69) is 0 Å². The Morgan fingerprint density at radius 2 is 0.436 bits per heavy atom. The summed E-state index contributed by atoms with van der Waals surface area (Å²) in [7, 11) is 13.5. The summed E-state index contributed by atoms with van der Waals surface area (Å²) in [6.07, 6.45) is 2.89. The van der Waals surface area contributed by atoms with Crippen molar-refractivity contribution in [2.45, 2.75) is 25.7 Å². The van der Waals surface area contributed by atoms with Crippen LogP contribution in [0.15, 0.2) is 170 Å². The molecule has 8 aromatic rings. The molecule has 0 spiro atoms. The van der Waals surface area contributed by atoms with E-state index in [9.17, 15) is 58.8 Å². The Hall–Kier alpha value is -8.40. The average molecular weight is 1160 g/mol. The van der Waals surface area contributed by atoms with Gasteiger partial charge in [-0.25, -0.2) is 0 Å². The van der Waals surface area contributed by atoms with Gasteiger partial charge in [0.05, 0.1) is 0 Å². The van der Waals surface area contributed by atoms with E-state index in [-0.39, 0.29) is 59.8 Å². The number of carboxylic acid groups (broad SMARTS) is 4. The summed E-state index contributed by atoms with van der Waals surface area (Å²) >= 11 is 0. The van der Waals surface area contributed by atoms with Crippen LogP contribution in [0.5, 0.6) is 0 Å². The molecule has 0 saturated heterocycles. The Kier molecular flexibility index (Phi) is 37.5. The van der Waals surface area contributed by atoms with Crippen molar-refractivity contribution in [2.24, 2.45) is 0 Å². The number of hydrogen-bond donors (Lipinski definition) is 0. The minimum absolute atomic E-state index is 0. The third-order valence-electron chi connectivity index (χ3n) is 9.70. The Morgan fingerprint density at radius 3 is 0.577 bits per heavy atom. The van der Waals surface area contributed by atoms with E-state index >= 15 is 0 Å². The monoisotopic (exact) mass is 1160 g/mol. The number of hydrogen-bond acceptors (Lipinski definition) is 12. The first-order valence-corrected chi connectivity index (χ1v) is 23.3. The normalized spacial score (nSPS) is 9.13. The van der Waals surface area contributed by atoms with Gasteiger partial charge >= 0.3 is 34.1 Å². The van der Waals surface area contributed by atoms with Crippen LogP contribution in [0.4, 0.5) is 0 Å². The van der Waals surface area contributed by atoms with Crippen LogP contribution in [0.1, 0.15) is 22.3 Å². The number of carboxylic acids is 4. The largest absolute Gasteiger partial charge is 2.00 e. The van der Waals surface area contributed by atoms with E-state index in [0.717, 1.165) is 91.0 Å². The molecular formula is C60H64Cu2N4O12. The van der Waals surface area contributed by atoms with Crippen molar-refractivity contribution in [3.8, 4) is 0 Å². The van der Waals surface area contributed by atoms with Crippen LogP contribution in [-0.4, -0.2) is 125 Å². The summed E-state index contributed by atoms with van der Waals surface area (Å²) in [6.45, 7) is 0. The van der Waals surface area contributed by atoms with Crippen LogP contribution >= 0.6 is 0 Å². The maximum absolute atomic E-state index is 10.5. The van der Waals surface area contributed by atoms with Crippen molar-refractivity contribution in [2.75, 3.05) is 56.4 Å². The maximum atomic E-state index is 10.5. The predicted octanol–water partition coefficient (Wildman–Crippen LogP) is 3.34. The van der Waals surface area contributed by atoms with Gasteiger partial charge in [0, 0.05) is 106 Å². The molecule has 0 aromatic heterocycles. The molecule has 8 aromatic carbocycles. The van der Waals surface area contributed by atoms with Crippen LogP contribution in [0, 0.1) is 0 Å². The molecule has 2 radical (unpaired) electrons. The second-order valence-electron chi connectivity index (χ2n) is 17.0. The van der Waals surface area contributed by atoms with E-state index in [4.69, 9.17) is 0 Å². The fourth-order valence-electron chi connectivity index (χ4n) is 6.41. The zero-order valence-corrected chi connectivity index (χ0v) is 46.5. The zero-order chi connectivity index (χ0) is 57.0. The molecule has 418 valence electrons. The van der Waals surface area contributed by atoms with Gasteiger partial charge in [-0.3, -0.25) is 19.2 Å². The number of fused-ring (bicyclic) bond motifs is 4. The molecule has 0 unspecified atom stereocenters. The van der Waals surface area contributed by atoms with Gasteiger partial charge in [-0.05, 0) is 65.3 Å². The van der Waals surface area contributed by atoms with Gasteiger partial charge in [-0.2, -0.15) is 0 Å². The zero-order valence-electron chi connectivity index (χ0n) is 44.6. The van der Waals surface area contributed by atoms with Gasteiger partial charge in [0.1, 0.15) is 0 Å². The molecule has 78 heavy (non-hydrogen) atoms. The summed E-state index contributed by atoms with van der Waals surface area (Å²) in [6, 6.07) is 53.5. The summed E-state index contributed by atoms with van der Waals surface area (Å²) in [4.78, 5) is 85.5. The molecule has 0 aliphatic carbocycles. The molecule has 0 heterocycles. The first-order chi connectivity index (χ1) is 36.2. The number of amides is 4. The number of benzene rings is 8. The third kappa shape index (κ3) is 30.2. The van der Waals surface area contributed by atoms with Crippen LogP contribution < -0.4 is 20.4 Å². The van der Waals surface area contributed by atoms with Gasteiger partial charge in [0.2, 0.25) is 25.6 Å². The fraction of sp³-hybridized carbons (Fsp3) is 0.200. The Balaban J connectivity index is 0. The molecule has 0 aliphatic rings. The van der Waals surface area contributed by atoms with Crippen molar-refractivity contribution >= 4 is 92.6 Å². The topological polar surface area (TPSA) is 242 Å². The number of carbonyl (C=O) groups is 8. The van der Waals surface area contributed by atoms with Crippen LogP contribution in [-0.2, 0) is 98.2 Å². The predicted molar refractivity (Wildman–Crippen MR) is 290 cm³/mol. The van der Waals surface area contributed by atoms with Gasteiger partial charge in [-0.15, -0.1) is 0 Å². The molecule has 0 bridgehead atoms. The van der Waals surface area contributed by atoms with Crippen molar-refractivity contribution in [1.82, 2.24) is 19.6 Å². The average Bonchev–Trinajstić information content (AvgIpc) is 3.40. The molecule has 4 amide bonds. The smallest absolute Gasteiger partial charge is 0.550 e. The summed E-state index contributed by atoms with van der Waals surface area (Å²) in [5.41, 5.74) is 3.23. The minimum Gasteiger partial charge on any atom is -0.550 e. The quantitative estimate of drug-likeness (QED) is 0.126. The molecule has 0 aliphatic heterocycles. The molecule has 0 N–H and O–H groups in total. The first kappa shape index (κ1) is 71.7. The Bertz CT molecular complexity index is 2660. The molecular weight excluding hydrogens is 1100 g/mol. The Morgan fingerprint density at radius 1 is 0.295 bits per heavy atom. The number of carbonyl (C=O) groups excluding carboxylic acids is 8. The van der Waals surface area contributed by atoms with Gasteiger partial charge in [-0.1, -0.05) is 170 Å². The first-order valence-electron chi connectivity index (χ1n) is 23.3. The second-order valence-corrected chi connectivity index (χ2v) is 17.0. The molecule has 0 saturated carbocycles. The molecule has 16 nitrogen and oxygen atoms in total. The summed E-state index contributed by atoms with van der Waals surface area (Å²) in [5, 5.41) is 50.2. The van der Waals surface area contributed by atoms with E-state index in [0.29, 0.717) is 0 Å². The molecule has 18 heteroatoms. The van der Waals surface area contributed by atoms with Gasteiger partial charge in [0.25, 0.3) is 0 Å². The van der Waals surface area contributed by atoms with Crippen LogP contribution in [0.25, 0.3) is 43.1 Å². The summed E-state index contributed by atoms with van der Waals surface area (Å²) < 4.78 is 0. The minimum atomic E-state index is -1.04. The van der Waals surface area contributed by atoms with E-state index in [1.54, 1.807) is 56.4 Å². The second kappa shape index (κ2) is 40.9. The van der Waals surface area contributed by atoms with Crippen molar-refractivity contribution in [3.05, 3.63) is 192 Å².